The van der Waals surface area contributed by atoms with E-state index in [9.17, 15) is 9.59 Å². The third-order valence-corrected chi connectivity index (χ3v) is 5.17. The highest BCUT2D eigenvalue weighted by atomic mass is 16.7. The second-order valence-corrected chi connectivity index (χ2v) is 7.10. The molecule has 0 saturated carbocycles. The van der Waals surface area contributed by atoms with Crippen LogP contribution in [0.3, 0.4) is 0 Å². The van der Waals surface area contributed by atoms with Crippen LogP contribution in [0.2, 0.25) is 0 Å². The summed E-state index contributed by atoms with van der Waals surface area (Å²) in [5.41, 5.74) is 1.72. The number of hydrogen-bond acceptors (Lipinski definition) is 6. The minimum absolute atomic E-state index is 0.154. The number of nitrogens with zero attached hydrogens (tertiary/aromatic N) is 1. The monoisotopic (exact) mass is 425 g/mol. The number of anilines is 1. The van der Waals surface area contributed by atoms with Gasteiger partial charge >= 0.3 is 0 Å². The molecule has 31 heavy (non-hydrogen) atoms. The molecule has 1 atom stereocenters. The van der Waals surface area contributed by atoms with E-state index >= 15 is 0 Å². The van der Waals surface area contributed by atoms with E-state index in [4.69, 9.17) is 18.9 Å². The molecular formula is C22H23N3O6. The number of methoxy groups -OCH3 is 2. The molecule has 0 fully saturated rings. The third-order valence-electron chi connectivity index (χ3n) is 5.17. The van der Waals surface area contributed by atoms with Crippen LogP contribution in [-0.4, -0.2) is 43.4 Å². The minimum Gasteiger partial charge on any atom is -0.497 e. The van der Waals surface area contributed by atoms with Crippen LogP contribution in [0.25, 0.3) is 10.9 Å². The molecule has 0 aliphatic carbocycles. The first kappa shape index (κ1) is 20.4. The van der Waals surface area contributed by atoms with Crippen LogP contribution >= 0.6 is 0 Å². The molecule has 9 heteroatoms. The number of hydrogen-bond donors (Lipinski definition) is 2. The predicted octanol–water partition coefficient (Wildman–Crippen LogP) is 2.68. The summed E-state index contributed by atoms with van der Waals surface area (Å²) in [5, 5.41) is 6.28. The number of benzene rings is 2. The van der Waals surface area contributed by atoms with Gasteiger partial charge in [0.25, 0.3) is 5.91 Å². The van der Waals surface area contributed by atoms with Crippen molar-refractivity contribution in [1.82, 2.24) is 9.88 Å². The zero-order valence-electron chi connectivity index (χ0n) is 17.6. The number of aromatic nitrogens is 1. The van der Waals surface area contributed by atoms with Crippen LogP contribution in [-0.2, 0) is 11.8 Å². The van der Waals surface area contributed by atoms with Crippen molar-refractivity contribution in [2.24, 2.45) is 7.05 Å². The zero-order valence-corrected chi connectivity index (χ0v) is 17.6. The molecule has 2 N–H and O–H groups in total. The van der Waals surface area contributed by atoms with Crippen LogP contribution in [0.15, 0.2) is 36.4 Å². The van der Waals surface area contributed by atoms with Crippen molar-refractivity contribution in [3.05, 3.63) is 42.1 Å². The lowest BCUT2D eigenvalue weighted by Gasteiger charge is -2.15. The van der Waals surface area contributed by atoms with Crippen molar-refractivity contribution in [1.29, 1.82) is 0 Å². The molecule has 9 nitrogen and oxygen atoms in total. The van der Waals surface area contributed by atoms with Crippen LogP contribution in [0.1, 0.15) is 17.4 Å². The van der Waals surface area contributed by atoms with Crippen molar-refractivity contribution in [2.45, 2.75) is 13.0 Å². The molecule has 1 aliphatic heterocycles. The minimum atomic E-state index is -0.771. The molecule has 0 radical (unpaired) electrons. The Morgan fingerprint density at radius 1 is 1.06 bits per heavy atom. The van der Waals surface area contributed by atoms with Gasteiger partial charge in [-0.05, 0) is 25.1 Å². The molecule has 2 amide bonds. The summed E-state index contributed by atoms with van der Waals surface area (Å²) in [4.78, 5) is 25.5. The molecular weight excluding hydrogens is 402 g/mol. The van der Waals surface area contributed by atoms with Crippen LogP contribution < -0.4 is 29.6 Å². The number of ether oxygens (including phenoxy) is 4. The third kappa shape index (κ3) is 3.81. The van der Waals surface area contributed by atoms with Gasteiger partial charge in [-0.2, -0.15) is 0 Å². The Balaban J connectivity index is 1.50. The molecule has 2 aromatic carbocycles. The average molecular weight is 425 g/mol. The Bertz CT molecular complexity index is 1170. The highest BCUT2D eigenvalue weighted by molar-refractivity contribution is 6.04. The summed E-state index contributed by atoms with van der Waals surface area (Å²) in [7, 11) is 4.90. The van der Waals surface area contributed by atoms with E-state index in [1.807, 2.05) is 6.07 Å². The van der Waals surface area contributed by atoms with Crippen molar-refractivity contribution in [3.8, 4) is 23.0 Å². The lowest BCUT2D eigenvalue weighted by molar-refractivity contribution is -0.117. The Labute approximate surface area is 178 Å². The molecule has 3 aromatic rings. The Morgan fingerprint density at radius 2 is 1.84 bits per heavy atom. The van der Waals surface area contributed by atoms with E-state index in [-0.39, 0.29) is 18.6 Å². The number of carbonyl (C=O) groups excluding carboxylic acids is 2. The summed E-state index contributed by atoms with van der Waals surface area (Å²) in [6.07, 6.45) is 0. The summed E-state index contributed by atoms with van der Waals surface area (Å²) in [6, 6.07) is 9.65. The normalized spacial score (nSPS) is 13.0. The number of amides is 2. The highest BCUT2D eigenvalue weighted by Gasteiger charge is 2.22. The van der Waals surface area contributed by atoms with Gasteiger partial charge in [0, 0.05) is 36.3 Å². The van der Waals surface area contributed by atoms with Gasteiger partial charge in [-0.1, -0.05) is 0 Å². The SMILES string of the molecule is COc1cc(OC)c2cc(C(=O)NC(C)C(=O)Nc3ccc4c(c3)OCO4)n(C)c2c1. The fourth-order valence-electron chi connectivity index (χ4n) is 3.44. The van der Waals surface area contributed by atoms with E-state index in [0.29, 0.717) is 34.4 Å². The zero-order chi connectivity index (χ0) is 22.1. The second kappa shape index (κ2) is 8.10. The number of aryl methyl sites for hydroxylation is 1. The van der Waals surface area contributed by atoms with Crippen molar-refractivity contribution < 1.29 is 28.5 Å². The molecule has 0 bridgehead atoms. The Kier molecular flexibility index (Phi) is 5.33. The predicted molar refractivity (Wildman–Crippen MR) is 114 cm³/mol. The number of nitrogens with one attached hydrogen (secondary N) is 2. The fraction of sp³-hybridized carbons (Fsp3) is 0.273. The number of carbonyl (C=O) groups is 2. The van der Waals surface area contributed by atoms with Crippen LogP contribution in [0.5, 0.6) is 23.0 Å². The molecule has 0 saturated heterocycles. The molecule has 0 spiro atoms. The average Bonchev–Trinajstić information content (AvgIpc) is 3.37. The summed E-state index contributed by atoms with van der Waals surface area (Å²) >= 11 is 0. The van der Waals surface area contributed by atoms with Crippen molar-refractivity contribution in [3.63, 3.8) is 0 Å². The van der Waals surface area contributed by atoms with Gasteiger partial charge in [-0.25, -0.2) is 0 Å². The van der Waals surface area contributed by atoms with Gasteiger partial charge in [-0.3, -0.25) is 9.59 Å². The lowest BCUT2D eigenvalue weighted by Crippen LogP contribution is -2.42. The molecule has 4 rings (SSSR count). The van der Waals surface area contributed by atoms with Gasteiger partial charge in [0.05, 0.1) is 19.7 Å². The largest absolute Gasteiger partial charge is 0.497 e. The van der Waals surface area contributed by atoms with E-state index in [1.54, 1.807) is 63.1 Å². The summed E-state index contributed by atoms with van der Waals surface area (Å²) in [5.74, 6) is 1.67. The maximum atomic E-state index is 12.9. The van der Waals surface area contributed by atoms with Crippen molar-refractivity contribution >= 4 is 28.4 Å². The maximum absolute atomic E-state index is 12.9. The van der Waals surface area contributed by atoms with E-state index in [2.05, 4.69) is 10.6 Å². The van der Waals surface area contributed by atoms with Gasteiger partial charge in [-0.15, -0.1) is 0 Å². The van der Waals surface area contributed by atoms with Crippen molar-refractivity contribution in [2.75, 3.05) is 26.3 Å². The summed E-state index contributed by atoms with van der Waals surface area (Å²) in [6.45, 7) is 1.77. The van der Waals surface area contributed by atoms with Crippen LogP contribution in [0.4, 0.5) is 5.69 Å². The molecule has 162 valence electrons. The topological polar surface area (TPSA) is 100 Å². The van der Waals surface area contributed by atoms with Gasteiger partial charge < -0.3 is 34.1 Å². The second-order valence-electron chi connectivity index (χ2n) is 7.10. The first-order chi connectivity index (χ1) is 14.9. The first-order valence-corrected chi connectivity index (χ1v) is 9.64. The molecule has 1 aromatic heterocycles. The van der Waals surface area contributed by atoms with E-state index in [0.717, 1.165) is 10.9 Å². The lowest BCUT2D eigenvalue weighted by atomic mass is 10.2. The molecule has 2 heterocycles. The number of rotatable bonds is 6. The standard InChI is InChI=1S/C22H23N3O6/c1-12(21(26)24-13-5-6-18-20(7-13)31-11-30-18)23-22(27)17-10-15-16(25(17)2)8-14(28-3)9-19(15)29-4/h5-10,12H,11H2,1-4H3,(H,23,27)(H,24,26). The summed E-state index contributed by atoms with van der Waals surface area (Å²) < 4.78 is 23.0. The smallest absolute Gasteiger partial charge is 0.268 e. The molecule has 1 aliphatic rings. The van der Waals surface area contributed by atoms with E-state index < -0.39 is 6.04 Å². The van der Waals surface area contributed by atoms with E-state index in [1.165, 1.54) is 0 Å². The Morgan fingerprint density at radius 3 is 2.58 bits per heavy atom. The maximum Gasteiger partial charge on any atom is 0.268 e. The highest BCUT2D eigenvalue weighted by Crippen LogP contribution is 2.34. The Hall–Kier alpha value is -3.88. The van der Waals surface area contributed by atoms with Crippen LogP contribution in [0, 0.1) is 0 Å². The fourth-order valence-corrected chi connectivity index (χ4v) is 3.44. The molecule has 1 unspecified atom stereocenters. The van der Waals surface area contributed by atoms with Gasteiger partial charge in [0.1, 0.15) is 23.2 Å². The van der Waals surface area contributed by atoms with Gasteiger partial charge in [0.15, 0.2) is 11.5 Å². The van der Waals surface area contributed by atoms with Gasteiger partial charge in [0.2, 0.25) is 12.7 Å². The quantitative estimate of drug-likeness (QED) is 0.630. The number of fused-ring (bicyclic) bond motifs is 2. The first-order valence-electron chi connectivity index (χ1n) is 9.64.